The molecule has 1 aliphatic carbocycles. The van der Waals surface area contributed by atoms with Crippen molar-refractivity contribution in [3.8, 4) is 0 Å². The molecule has 0 unspecified atom stereocenters. The van der Waals surface area contributed by atoms with E-state index in [1.807, 2.05) is 12.1 Å². The lowest BCUT2D eigenvalue weighted by molar-refractivity contribution is -0.115. The van der Waals surface area contributed by atoms with Gasteiger partial charge in [-0.15, -0.1) is 11.3 Å². The molecule has 2 aliphatic rings. The van der Waals surface area contributed by atoms with Gasteiger partial charge in [0.2, 0.25) is 5.91 Å². The van der Waals surface area contributed by atoms with Gasteiger partial charge in [-0.3, -0.25) is 9.59 Å². The standard InChI is InChI=1S/C20H22FN3O2S/c21-19-14-7-8-22-10-13(14)5-6-15(19)24-18(25)11-23-20(26)17-9-12-3-1-2-4-16(12)27-17/h5-6,9,22H,1-4,7-8,10-11H2,(H,23,26)(H,24,25). The van der Waals surface area contributed by atoms with E-state index < -0.39 is 5.91 Å². The van der Waals surface area contributed by atoms with E-state index in [1.54, 1.807) is 6.07 Å². The average molecular weight is 387 g/mol. The molecule has 3 N–H and O–H groups in total. The van der Waals surface area contributed by atoms with Crippen molar-refractivity contribution in [3.63, 3.8) is 0 Å². The van der Waals surface area contributed by atoms with Crippen LogP contribution in [0, 0.1) is 5.82 Å². The number of carbonyl (C=O) groups excluding carboxylic acids is 2. The third kappa shape index (κ3) is 3.89. The number of rotatable bonds is 4. The molecule has 4 rings (SSSR count). The lowest BCUT2D eigenvalue weighted by atomic mass is 9.99. The molecule has 2 heterocycles. The number of hydrogen-bond acceptors (Lipinski definition) is 4. The minimum Gasteiger partial charge on any atom is -0.342 e. The number of nitrogens with one attached hydrogen (secondary N) is 3. The molecule has 0 saturated heterocycles. The summed E-state index contributed by atoms with van der Waals surface area (Å²) in [6, 6.07) is 5.34. The minimum atomic E-state index is -0.433. The van der Waals surface area contributed by atoms with E-state index >= 15 is 0 Å². The van der Waals surface area contributed by atoms with Gasteiger partial charge in [0.1, 0.15) is 5.82 Å². The Balaban J connectivity index is 1.36. The highest BCUT2D eigenvalue weighted by molar-refractivity contribution is 7.14. The van der Waals surface area contributed by atoms with Crippen molar-refractivity contribution in [1.82, 2.24) is 10.6 Å². The van der Waals surface area contributed by atoms with Crippen LogP contribution in [0.5, 0.6) is 0 Å². The first-order valence-corrected chi connectivity index (χ1v) is 10.1. The number of amides is 2. The highest BCUT2D eigenvalue weighted by Crippen LogP contribution is 2.29. The van der Waals surface area contributed by atoms with Crippen LogP contribution in [0.3, 0.4) is 0 Å². The van der Waals surface area contributed by atoms with Gasteiger partial charge in [0.15, 0.2) is 0 Å². The van der Waals surface area contributed by atoms with Gasteiger partial charge in [-0.2, -0.15) is 0 Å². The predicted molar refractivity (Wildman–Crippen MR) is 104 cm³/mol. The second-order valence-electron chi connectivity index (χ2n) is 6.99. The van der Waals surface area contributed by atoms with Crippen molar-refractivity contribution in [2.45, 2.75) is 38.6 Å². The van der Waals surface area contributed by atoms with Crippen LogP contribution >= 0.6 is 11.3 Å². The van der Waals surface area contributed by atoms with Crippen LogP contribution in [-0.2, 0) is 30.6 Å². The monoisotopic (exact) mass is 387 g/mol. The van der Waals surface area contributed by atoms with Crippen LogP contribution in [0.1, 0.15) is 44.1 Å². The smallest absolute Gasteiger partial charge is 0.261 e. The minimum absolute atomic E-state index is 0.168. The first-order chi connectivity index (χ1) is 13.1. The zero-order valence-electron chi connectivity index (χ0n) is 15.0. The molecule has 142 valence electrons. The summed E-state index contributed by atoms with van der Waals surface area (Å²) in [6.07, 6.45) is 4.98. The third-order valence-electron chi connectivity index (χ3n) is 5.11. The van der Waals surface area contributed by atoms with Gasteiger partial charge < -0.3 is 16.0 Å². The van der Waals surface area contributed by atoms with E-state index in [1.165, 1.54) is 28.2 Å². The number of fused-ring (bicyclic) bond motifs is 2. The number of halogens is 1. The second kappa shape index (κ2) is 7.78. The van der Waals surface area contributed by atoms with Gasteiger partial charge in [-0.05, 0) is 67.5 Å². The molecule has 0 fully saturated rings. The third-order valence-corrected chi connectivity index (χ3v) is 6.35. The molecule has 2 aromatic rings. The topological polar surface area (TPSA) is 70.2 Å². The zero-order chi connectivity index (χ0) is 18.8. The highest BCUT2D eigenvalue weighted by atomic mass is 32.1. The second-order valence-corrected chi connectivity index (χ2v) is 8.13. The van der Waals surface area contributed by atoms with Crippen molar-refractivity contribution in [1.29, 1.82) is 0 Å². The molecule has 0 saturated carbocycles. The zero-order valence-corrected chi connectivity index (χ0v) is 15.8. The summed E-state index contributed by atoms with van der Waals surface area (Å²) in [5.74, 6) is -1.06. The maximum Gasteiger partial charge on any atom is 0.261 e. The van der Waals surface area contributed by atoms with Gasteiger partial charge >= 0.3 is 0 Å². The summed E-state index contributed by atoms with van der Waals surface area (Å²) < 4.78 is 14.6. The summed E-state index contributed by atoms with van der Waals surface area (Å²) in [7, 11) is 0. The van der Waals surface area contributed by atoms with Crippen LogP contribution in [0.25, 0.3) is 0 Å². The molecule has 27 heavy (non-hydrogen) atoms. The van der Waals surface area contributed by atoms with Crippen LogP contribution < -0.4 is 16.0 Å². The van der Waals surface area contributed by atoms with Crippen LogP contribution in [-0.4, -0.2) is 24.9 Å². The largest absolute Gasteiger partial charge is 0.342 e. The Morgan fingerprint density at radius 3 is 2.85 bits per heavy atom. The van der Waals surface area contributed by atoms with Crippen molar-refractivity contribution in [3.05, 3.63) is 50.5 Å². The van der Waals surface area contributed by atoms with Gasteiger partial charge in [-0.1, -0.05) is 6.07 Å². The van der Waals surface area contributed by atoms with Crippen molar-refractivity contribution < 1.29 is 14.0 Å². The van der Waals surface area contributed by atoms with Crippen molar-refractivity contribution >= 4 is 28.8 Å². The van der Waals surface area contributed by atoms with E-state index in [4.69, 9.17) is 0 Å². The summed E-state index contributed by atoms with van der Waals surface area (Å²) in [5.41, 5.74) is 3.00. The summed E-state index contributed by atoms with van der Waals surface area (Å²) in [6.45, 7) is 1.18. The SMILES string of the molecule is O=C(CNC(=O)c1cc2c(s1)CCCC2)Nc1ccc2c(c1F)CCNC2. The Morgan fingerprint density at radius 2 is 2.00 bits per heavy atom. The summed E-state index contributed by atoms with van der Waals surface area (Å²) in [4.78, 5) is 26.4. The summed E-state index contributed by atoms with van der Waals surface area (Å²) in [5, 5.41) is 8.40. The molecular formula is C20H22FN3O2S. The van der Waals surface area contributed by atoms with Gasteiger partial charge in [0.05, 0.1) is 17.1 Å². The molecule has 1 aliphatic heterocycles. The molecule has 2 amide bonds. The summed E-state index contributed by atoms with van der Waals surface area (Å²) >= 11 is 1.51. The van der Waals surface area contributed by atoms with E-state index in [2.05, 4.69) is 16.0 Å². The number of carbonyl (C=O) groups is 2. The Labute approximate surface area is 161 Å². The number of benzene rings is 1. The van der Waals surface area contributed by atoms with Crippen molar-refractivity contribution in [2.75, 3.05) is 18.4 Å². The van der Waals surface area contributed by atoms with E-state index in [0.717, 1.165) is 31.4 Å². The van der Waals surface area contributed by atoms with Crippen LogP contribution in [0.15, 0.2) is 18.2 Å². The van der Waals surface area contributed by atoms with E-state index in [9.17, 15) is 14.0 Å². The fourth-order valence-corrected chi connectivity index (χ4v) is 4.84. The quantitative estimate of drug-likeness (QED) is 0.756. The molecule has 0 atom stereocenters. The highest BCUT2D eigenvalue weighted by Gasteiger charge is 2.19. The number of thiophene rings is 1. The molecule has 0 bridgehead atoms. The number of anilines is 1. The Bertz CT molecular complexity index is 870. The Morgan fingerprint density at radius 1 is 1.15 bits per heavy atom. The molecule has 0 spiro atoms. The lowest BCUT2D eigenvalue weighted by Gasteiger charge is -2.19. The normalized spacial score (nSPS) is 15.6. The molecule has 1 aromatic carbocycles. The molecular weight excluding hydrogens is 365 g/mol. The maximum absolute atomic E-state index is 14.6. The molecule has 5 nitrogen and oxygen atoms in total. The fourth-order valence-electron chi connectivity index (χ4n) is 3.67. The molecule has 1 aromatic heterocycles. The van der Waals surface area contributed by atoms with Gasteiger partial charge in [0.25, 0.3) is 5.91 Å². The Kier molecular flexibility index (Phi) is 5.22. The maximum atomic E-state index is 14.6. The molecule has 7 heteroatoms. The average Bonchev–Trinajstić information content (AvgIpc) is 3.13. The van der Waals surface area contributed by atoms with Gasteiger partial charge in [-0.25, -0.2) is 4.39 Å². The fraction of sp³-hybridized carbons (Fsp3) is 0.400. The van der Waals surface area contributed by atoms with E-state index in [-0.39, 0.29) is 24.0 Å². The van der Waals surface area contributed by atoms with Crippen LogP contribution in [0.4, 0.5) is 10.1 Å². The van der Waals surface area contributed by atoms with Crippen molar-refractivity contribution in [2.24, 2.45) is 0 Å². The number of hydrogen-bond donors (Lipinski definition) is 3. The first kappa shape index (κ1) is 18.1. The van der Waals surface area contributed by atoms with Crippen LogP contribution in [0.2, 0.25) is 0 Å². The Hall–Kier alpha value is -2.25. The molecule has 0 radical (unpaired) electrons. The predicted octanol–water partition coefficient (Wildman–Crippen LogP) is 2.78. The lowest BCUT2D eigenvalue weighted by Crippen LogP contribution is -2.33. The van der Waals surface area contributed by atoms with Gasteiger partial charge in [0, 0.05) is 11.4 Å². The van der Waals surface area contributed by atoms with E-state index in [0.29, 0.717) is 23.4 Å². The first-order valence-electron chi connectivity index (χ1n) is 9.32. The number of aryl methyl sites for hydroxylation is 2.